The molecule has 0 fully saturated rings. The van der Waals surface area contributed by atoms with Gasteiger partial charge in [-0.1, -0.05) is 78.3 Å². The van der Waals surface area contributed by atoms with Crippen LogP contribution in [0.15, 0.2) is 89.7 Å². The van der Waals surface area contributed by atoms with Crippen LogP contribution in [-0.2, 0) is 6.54 Å². The van der Waals surface area contributed by atoms with E-state index in [2.05, 4.69) is 10.4 Å². The van der Waals surface area contributed by atoms with Crippen molar-refractivity contribution in [2.24, 2.45) is 0 Å². The lowest BCUT2D eigenvalue weighted by Gasteiger charge is -2.17. The number of benzene rings is 3. The van der Waals surface area contributed by atoms with E-state index < -0.39 is 0 Å². The van der Waals surface area contributed by atoms with Crippen LogP contribution < -0.4 is 10.9 Å². The maximum absolute atomic E-state index is 13.4. The first-order valence-corrected chi connectivity index (χ1v) is 10.2. The van der Waals surface area contributed by atoms with Crippen molar-refractivity contribution in [3.05, 3.63) is 111 Å². The maximum Gasteiger partial charge on any atom is 0.291 e. The quantitative estimate of drug-likeness (QED) is 0.407. The Bertz CT molecular complexity index is 1290. The Morgan fingerprint density at radius 1 is 0.968 bits per heavy atom. The first-order valence-electron chi connectivity index (χ1n) is 9.81. The number of carbonyl (C=O) groups is 1. The fraction of sp³-hybridized carbons (Fsp3) is 0.0800. The van der Waals surface area contributed by atoms with Gasteiger partial charge in [-0.25, -0.2) is 4.68 Å². The van der Waals surface area contributed by atoms with Crippen LogP contribution in [0.2, 0.25) is 5.02 Å². The van der Waals surface area contributed by atoms with Crippen molar-refractivity contribution in [1.82, 2.24) is 9.78 Å². The van der Waals surface area contributed by atoms with Crippen molar-refractivity contribution < 1.29 is 4.79 Å². The molecule has 0 aliphatic rings. The third kappa shape index (κ3) is 4.57. The van der Waals surface area contributed by atoms with Crippen molar-refractivity contribution in [2.45, 2.75) is 13.5 Å². The summed E-state index contributed by atoms with van der Waals surface area (Å²) in [5.41, 5.74) is 2.80. The van der Waals surface area contributed by atoms with E-state index >= 15 is 0 Å². The number of anilines is 2. The fourth-order valence-electron chi connectivity index (χ4n) is 3.40. The molecule has 0 spiro atoms. The second-order valence-corrected chi connectivity index (χ2v) is 7.54. The van der Waals surface area contributed by atoms with Gasteiger partial charge in [0, 0.05) is 16.3 Å². The molecule has 31 heavy (non-hydrogen) atoms. The van der Waals surface area contributed by atoms with Gasteiger partial charge in [0.15, 0.2) is 5.78 Å². The fourth-order valence-corrected chi connectivity index (χ4v) is 3.59. The molecule has 4 rings (SSSR count). The molecular formula is C25H20ClN3O2. The number of carbonyl (C=O) groups excluding carboxylic acids is 1. The number of halogens is 1. The lowest BCUT2D eigenvalue weighted by atomic mass is 10.0. The van der Waals surface area contributed by atoms with Crippen molar-refractivity contribution in [1.29, 1.82) is 0 Å². The van der Waals surface area contributed by atoms with E-state index in [1.807, 2.05) is 60.7 Å². The summed E-state index contributed by atoms with van der Waals surface area (Å²) >= 11 is 6.12. The third-order valence-corrected chi connectivity index (χ3v) is 5.06. The Morgan fingerprint density at radius 2 is 1.65 bits per heavy atom. The number of ketones is 1. The Labute approximate surface area is 184 Å². The second-order valence-electron chi connectivity index (χ2n) is 7.10. The molecule has 6 heteroatoms. The molecule has 0 saturated carbocycles. The zero-order chi connectivity index (χ0) is 21.8. The average molecular weight is 430 g/mol. The minimum absolute atomic E-state index is 0.180. The topological polar surface area (TPSA) is 64.0 Å². The third-order valence-electron chi connectivity index (χ3n) is 4.82. The summed E-state index contributed by atoms with van der Waals surface area (Å²) < 4.78 is 1.39. The van der Waals surface area contributed by atoms with Gasteiger partial charge in [-0.3, -0.25) is 9.59 Å². The van der Waals surface area contributed by atoms with Gasteiger partial charge in [0.1, 0.15) is 11.4 Å². The molecule has 0 atom stereocenters. The van der Waals surface area contributed by atoms with Crippen molar-refractivity contribution in [2.75, 3.05) is 5.32 Å². The zero-order valence-electron chi connectivity index (χ0n) is 16.9. The van der Waals surface area contributed by atoms with Gasteiger partial charge in [-0.15, -0.1) is 0 Å². The summed E-state index contributed by atoms with van der Waals surface area (Å²) in [6, 6.07) is 26.0. The molecular weight excluding hydrogens is 410 g/mol. The van der Waals surface area contributed by atoms with E-state index in [-0.39, 0.29) is 29.1 Å². The highest BCUT2D eigenvalue weighted by molar-refractivity contribution is 6.30. The van der Waals surface area contributed by atoms with Crippen LogP contribution in [-0.4, -0.2) is 15.6 Å². The molecule has 0 aliphatic carbocycles. The highest BCUT2D eigenvalue weighted by Gasteiger charge is 2.22. The average Bonchev–Trinajstić information content (AvgIpc) is 2.77. The monoisotopic (exact) mass is 429 g/mol. The minimum Gasteiger partial charge on any atom is -0.350 e. The smallest absolute Gasteiger partial charge is 0.291 e. The van der Waals surface area contributed by atoms with Gasteiger partial charge in [0.2, 0.25) is 0 Å². The van der Waals surface area contributed by atoms with E-state index in [1.54, 1.807) is 24.3 Å². The number of aromatic nitrogens is 2. The molecule has 154 valence electrons. The van der Waals surface area contributed by atoms with Gasteiger partial charge < -0.3 is 5.32 Å². The van der Waals surface area contributed by atoms with Gasteiger partial charge in [-0.05, 0) is 30.7 Å². The first-order chi connectivity index (χ1) is 15.0. The number of hydrogen-bond donors (Lipinski definition) is 1. The van der Waals surface area contributed by atoms with E-state index in [4.69, 9.17) is 11.6 Å². The Balaban J connectivity index is 1.94. The number of hydrogen-bond acceptors (Lipinski definition) is 4. The van der Waals surface area contributed by atoms with E-state index in [9.17, 15) is 9.59 Å². The molecule has 0 aliphatic heterocycles. The highest BCUT2D eigenvalue weighted by atomic mass is 35.5. The lowest BCUT2D eigenvalue weighted by Crippen LogP contribution is -2.29. The predicted molar refractivity (Wildman–Crippen MR) is 124 cm³/mol. The number of rotatable bonds is 6. The molecule has 0 amide bonds. The van der Waals surface area contributed by atoms with Crippen LogP contribution in [0.4, 0.5) is 11.4 Å². The van der Waals surface area contributed by atoms with Crippen LogP contribution in [0.3, 0.4) is 0 Å². The molecule has 1 heterocycles. The van der Waals surface area contributed by atoms with Gasteiger partial charge in [0.25, 0.3) is 5.56 Å². The Morgan fingerprint density at radius 3 is 2.29 bits per heavy atom. The first kappa shape index (κ1) is 20.6. The van der Waals surface area contributed by atoms with Crippen molar-refractivity contribution >= 4 is 28.8 Å². The van der Waals surface area contributed by atoms with Crippen LogP contribution >= 0.6 is 11.6 Å². The van der Waals surface area contributed by atoms with Crippen LogP contribution in [0, 0.1) is 0 Å². The summed E-state index contributed by atoms with van der Waals surface area (Å²) in [4.78, 5) is 26.1. The molecule has 0 unspecified atom stereocenters. The predicted octanol–water partition coefficient (Wildman–Crippen LogP) is 5.56. The second kappa shape index (κ2) is 8.98. The summed E-state index contributed by atoms with van der Waals surface area (Å²) in [5.74, 6) is -0.250. The molecule has 0 saturated heterocycles. The Kier molecular flexibility index (Phi) is 5.96. The summed E-state index contributed by atoms with van der Waals surface area (Å²) in [5, 5.41) is 8.24. The molecule has 4 aromatic rings. The molecule has 1 aromatic heterocycles. The van der Waals surface area contributed by atoms with Crippen molar-refractivity contribution in [3.8, 4) is 11.3 Å². The van der Waals surface area contributed by atoms with Crippen LogP contribution in [0.1, 0.15) is 22.8 Å². The SMILES string of the molecule is CC(=O)c1c(-c2ccccc2)nn(Cc2ccccc2)c(=O)c1Nc1cccc(Cl)c1. The lowest BCUT2D eigenvalue weighted by molar-refractivity contribution is 0.101. The zero-order valence-corrected chi connectivity index (χ0v) is 17.6. The molecule has 3 aromatic carbocycles. The van der Waals surface area contributed by atoms with E-state index in [1.165, 1.54) is 11.6 Å². The van der Waals surface area contributed by atoms with E-state index in [0.717, 1.165) is 11.1 Å². The molecule has 1 N–H and O–H groups in total. The van der Waals surface area contributed by atoms with Crippen LogP contribution in [0.5, 0.6) is 0 Å². The molecule has 0 bridgehead atoms. The standard InChI is InChI=1S/C25H20ClN3O2/c1-17(30)22-23(19-11-6-3-7-12-19)28-29(16-18-9-4-2-5-10-18)25(31)24(22)27-21-14-8-13-20(26)15-21/h2-15,27H,16H2,1H3. The summed E-state index contributed by atoms with van der Waals surface area (Å²) in [6.07, 6.45) is 0. The summed E-state index contributed by atoms with van der Waals surface area (Å²) in [7, 11) is 0. The van der Waals surface area contributed by atoms with Gasteiger partial charge in [-0.2, -0.15) is 5.10 Å². The normalized spacial score (nSPS) is 10.6. The molecule has 0 radical (unpaired) electrons. The maximum atomic E-state index is 13.4. The number of nitrogens with one attached hydrogen (secondary N) is 1. The number of nitrogens with zero attached hydrogens (tertiary/aromatic N) is 2. The summed E-state index contributed by atoms with van der Waals surface area (Å²) in [6.45, 7) is 1.72. The molecule has 5 nitrogen and oxygen atoms in total. The minimum atomic E-state index is -0.381. The van der Waals surface area contributed by atoms with Gasteiger partial charge in [0.05, 0.1) is 12.1 Å². The van der Waals surface area contributed by atoms with E-state index in [0.29, 0.717) is 16.4 Å². The van der Waals surface area contributed by atoms with Crippen LogP contribution in [0.25, 0.3) is 11.3 Å². The van der Waals surface area contributed by atoms with Crippen molar-refractivity contribution in [3.63, 3.8) is 0 Å². The van der Waals surface area contributed by atoms with Gasteiger partial charge >= 0.3 is 0 Å². The largest absolute Gasteiger partial charge is 0.350 e. The highest BCUT2D eigenvalue weighted by Crippen LogP contribution is 2.28. The Hall–Kier alpha value is -3.70. The number of Topliss-reactive ketones (excluding diaryl/α,β-unsaturated/α-hetero) is 1.